The van der Waals surface area contributed by atoms with Crippen molar-refractivity contribution in [1.82, 2.24) is 9.97 Å². The number of nitrogens with zero attached hydrogens (tertiary/aromatic N) is 3. The third kappa shape index (κ3) is 3.82. The standard InChI is InChI=1S/C9H10ClF3IN3O/c1-17(6(2-3-18)9(11,12)13)7-5(14)4-15-8(10)16-7/h4,6,18H,2-3H2,1H3. The maximum atomic E-state index is 12.8. The lowest BCUT2D eigenvalue weighted by molar-refractivity contribution is -0.151. The van der Waals surface area contributed by atoms with E-state index in [1.54, 1.807) is 0 Å². The Labute approximate surface area is 120 Å². The van der Waals surface area contributed by atoms with E-state index in [2.05, 4.69) is 9.97 Å². The molecule has 1 N–H and O–H groups in total. The van der Waals surface area contributed by atoms with Gasteiger partial charge in [-0.25, -0.2) is 4.98 Å². The maximum Gasteiger partial charge on any atom is 0.408 e. The van der Waals surface area contributed by atoms with E-state index in [1.807, 2.05) is 22.6 Å². The van der Waals surface area contributed by atoms with Crippen LogP contribution in [0.15, 0.2) is 6.20 Å². The number of hydrogen-bond acceptors (Lipinski definition) is 4. The molecule has 9 heteroatoms. The molecule has 0 spiro atoms. The Morgan fingerprint density at radius 3 is 2.67 bits per heavy atom. The van der Waals surface area contributed by atoms with E-state index in [4.69, 9.17) is 16.7 Å². The highest BCUT2D eigenvalue weighted by molar-refractivity contribution is 14.1. The number of halogens is 5. The van der Waals surface area contributed by atoms with E-state index in [-0.39, 0.29) is 11.1 Å². The van der Waals surface area contributed by atoms with Crippen molar-refractivity contribution in [1.29, 1.82) is 0 Å². The Kier molecular flexibility index (Phi) is 5.41. The molecule has 0 fully saturated rings. The van der Waals surface area contributed by atoms with Gasteiger partial charge in [-0.05, 0) is 40.6 Å². The zero-order valence-corrected chi connectivity index (χ0v) is 12.2. The summed E-state index contributed by atoms with van der Waals surface area (Å²) in [7, 11) is 1.26. The molecule has 0 aliphatic heterocycles. The molecule has 0 aliphatic carbocycles. The average molecular weight is 396 g/mol. The topological polar surface area (TPSA) is 49.2 Å². The second-order valence-electron chi connectivity index (χ2n) is 3.49. The van der Waals surface area contributed by atoms with Crippen molar-refractivity contribution in [2.45, 2.75) is 18.6 Å². The molecule has 0 saturated heterocycles. The van der Waals surface area contributed by atoms with Crippen LogP contribution in [0.1, 0.15) is 6.42 Å². The fourth-order valence-corrected chi connectivity index (χ4v) is 2.20. The van der Waals surface area contributed by atoms with Crippen molar-refractivity contribution >= 4 is 40.0 Å². The summed E-state index contributed by atoms with van der Waals surface area (Å²) in [5, 5.41) is 8.61. The van der Waals surface area contributed by atoms with Gasteiger partial charge in [-0.3, -0.25) is 0 Å². The highest BCUT2D eigenvalue weighted by atomic mass is 127. The molecule has 4 nitrogen and oxygen atoms in total. The van der Waals surface area contributed by atoms with Crippen LogP contribution in [0.2, 0.25) is 5.28 Å². The van der Waals surface area contributed by atoms with Gasteiger partial charge in [0.2, 0.25) is 5.28 Å². The third-order valence-electron chi connectivity index (χ3n) is 2.28. The SMILES string of the molecule is CN(c1nc(Cl)ncc1I)C(CCO)C(F)(F)F. The van der Waals surface area contributed by atoms with E-state index in [0.717, 1.165) is 4.90 Å². The molecule has 1 rings (SSSR count). The van der Waals surface area contributed by atoms with Crippen LogP contribution in [0.3, 0.4) is 0 Å². The molecule has 102 valence electrons. The van der Waals surface area contributed by atoms with Gasteiger partial charge < -0.3 is 10.0 Å². The minimum atomic E-state index is -4.46. The van der Waals surface area contributed by atoms with Gasteiger partial charge in [0.25, 0.3) is 0 Å². The van der Waals surface area contributed by atoms with Crippen LogP contribution in [0.4, 0.5) is 19.0 Å². The summed E-state index contributed by atoms with van der Waals surface area (Å²) in [6, 6.07) is -1.82. The number of aromatic nitrogens is 2. The summed E-state index contributed by atoms with van der Waals surface area (Å²) in [6.45, 7) is -0.566. The van der Waals surface area contributed by atoms with Gasteiger partial charge in [-0.15, -0.1) is 0 Å². The zero-order chi connectivity index (χ0) is 13.9. The molecule has 18 heavy (non-hydrogen) atoms. The Morgan fingerprint density at radius 2 is 2.17 bits per heavy atom. The lowest BCUT2D eigenvalue weighted by Gasteiger charge is -2.30. The van der Waals surface area contributed by atoms with Crippen LogP contribution >= 0.6 is 34.2 Å². The maximum absolute atomic E-state index is 12.8. The fourth-order valence-electron chi connectivity index (χ4n) is 1.43. The molecule has 1 aromatic heterocycles. The molecule has 1 aromatic rings. The van der Waals surface area contributed by atoms with Crippen molar-refractivity contribution in [2.75, 3.05) is 18.6 Å². The van der Waals surface area contributed by atoms with Gasteiger partial charge in [-0.2, -0.15) is 18.2 Å². The van der Waals surface area contributed by atoms with Crippen LogP contribution in [0.25, 0.3) is 0 Å². The monoisotopic (exact) mass is 395 g/mol. The van der Waals surface area contributed by atoms with E-state index in [0.29, 0.717) is 3.57 Å². The summed E-state index contributed by atoms with van der Waals surface area (Å²) >= 11 is 7.40. The normalized spacial score (nSPS) is 13.5. The highest BCUT2D eigenvalue weighted by Gasteiger charge is 2.42. The Morgan fingerprint density at radius 1 is 1.56 bits per heavy atom. The predicted molar refractivity (Wildman–Crippen MR) is 69.7 cm³/mol. The molecule has 0 radical (unpaired) electrons. The van der Waals surface area contributed by atoms with Gasteiger partial charge >= 0.3 is 6.18 Å². The van der Waals surface area contributed by atoms with Gasteiger partial charge in [0.05, 0.1) is 3.57 Å². The van der Waals surface area contributed by atoms with E-state index >= 15 is 0 Å². The third-order valence-corrected chi connectivity index (χ3v) is 3.22. The number of rotatable bonds is 4. The molecule has 1 heterocycles. The summed E-state index contributed by atoms with van der Waals surface area (Å²) in [4.78, 5) is 8.41. The molecular weight excluding hydrogens is 385 g/mol. The van der Waals surface area contributed by atoms with Crippen molar-refractivity contribution in [2.24, 2.45) is 0 Å². The van der Waals surface area contributed by atoms with Gasteiger partial charge in [0, 0.05) is 19.9 Å². The molecular formula is C9H10ClF3IN3O. The zero-order valence-electron chi connectivity index (χ0n) is 9.25. The second-order valence-corrected chi connectivity index (χ2v) is 4.99. The van der Waals surface area contributed by atoms with Crippen LogP contribution in [-0.4, -0.2) is 40.9 Å². The molecule has 0 amide bonds. The van der Waals surface area contributed by atoms with Crippen LogP contribution in [-0.2, 0) is 0 Å². The number of alkyl halides is 3. The highest BCUT2D eigenvalue weighted by Crippen LogP contribution is 2.31. The lowest BCUT2D eigenvalue weighted by Crippen LogP contribution is -2.45. The molecule has 1 atom stereocenters. The first-order valence-corrected chi connectivity index (χ1v) is 6.31. The Hall–Kier alpha value is -0.350. The summed E-state index contributed by atoms with van der Waals surface area (Å²) < 4.78 is 39.0. The molecule has 0 aromatic carbocycles. The molecule has 0 saturated carbocycles. The van der Waals surface area contributed by atoms with Gasteiger partial charge in [-0.1, -0.05) is 0 Å². The quantitative estimate of drug-likeness (QED) is 0.629. The second kappa shape index (κ2) is 6.20. The van der Waals surface area contributed by atoms with Crippen molar-refractivity contribution < 1.29 is 18.3 Å². The number of aliphatic hydroxyl groups is 1. The summed E-state index contributed by atoms with van der Waals surface area (Å²) in [5.41, 5.74) is 0. The fraction of sp³-hybridized carbons (Fsp3) is 0.556. The smallest absolute Gasteiger partial charge is 0.396 e. The van der Waals surface area contributed by atoms with Crippen molar-refractivity contribution in [3.05, 3.63) is 15.1 Å². The molecule has 0 aliphatic rings. The summed E-state index contributed by atoms with van der Waals surface area (Å²) in [6.07, 6.45) is -3.55. The van der Waals surface area contributed by atoms with Crippen LogP contribution in [0, 0.1) is 3.57 Å². The first-order valence-electron chi connectivity index (χ1n) is 4.85. The predicted octanol–water partition coefficient (Wildman–Crippen LogP) is 2.48. The number of hydrogen-bond donors (Lipinski definition) is 1. The van der Waals surface area contributed by atoms with Gasteiger partial charge in [0.15, 0.2) is 0 Å². The van der Waals surface area contributed by atoms with Crippen molar-refractivity contribution in [3.63, 3.8) is 0 Å². The molecule has 1 unspecified atom stereocenters. The minimum Gasteiger partial charge on any atom is -0.396 e. The lowest BCUT2D eigenvalue weighted by atomic mass is 10.2. The Balaban J connectivity index is 3.09. The van der Waals surface area contributed by atoms with Crippen LogP contribution in [0.5, 0.6) is 0 Å². The minimum absolute atomic E-state index is 0.0892. The molecule has 0 bridgehead atoms. The van der Waals surface area contributed by atoms with Crippen LogP contribution < -0.4 is 4.90 Å². The summed E-state index contributed by atoms with van der Waals surface area (Å²) in [5.74, 6) is 0.0892. The first kappa shape index (κ1) is 15.7. The number of anilines is 1. The Bertz CT molecular complexity index is 419. The number of aliphatic hydroxyl groups excluding tert-OH is 1. The van der Waals surface area contributed by atoms with E-state index < -0.39 is 25.2 Å². The van der Waals surface area contributed by atoms with Crippen molar-refractivity contribution in [3.8, 4) is 0 Å². The van der Waals surface area contributed by atoms with E-state index in [9.17, 15) is 13.2 Å². The first-order chi connectivity index (χ1) is 8.27. The van der Waals surface area contributed by atoms with E-state index in [1.165, 1.54) is 13.2 Å². The average Bonchev–Trinajstić information content (AvgIpc) is 2.27. The largest absolute Gasteiger partial charge is 0.408 e. The van der Waals surface area contributed by atoms with Gasteiger partial charge in [0.1, 0.15) is 11.9 Å².